The zero-order valence-electron chi connectivity index (χ0n) is 24.8. The van der Waals surface area contributed by atoms with Gasteiger partial charge in [0.25, 0.3) is 5.91 Å². The van der Waals surface area contributed by atoms with E-state index in [0.29, 0.717) is 24.3 Å². The number of amides is 1. The van der Waals surface area contributed by atoms with Crippen molar-refractivity contribution in [3.8, 4) is 11.5 Å². The minimum atomic E-state index is -3.40. The summed E-state index contributed by atoms with van der Waals surface area (Å²) >= 11 is 0. The summed E-state index contributed by atoms with van der Waals surface area (Å²) in [4.78, 5) is 15.6. The molecule has 9 heteroatoms. The maximum absolute atomic E-state index is 14.1. The molecule has 3 aromatic rings. The average molecular weight is 597 g/mol. The molecule has 0 aliphatic rings. The van der Waals surface area contributed by atoms with E-state index in [-0.39, 0.29) is 36.9 Å². The molecule has 3 aromatic carbocycles. The minimum Gasteiger partial charge on any atom is -0.497 e. The van der Waals surface area contributed by atoms with Gasteiger partial charge in [-0.2, -0.15) is 0 Å². The van der Waals surface area contributed by atoms with Crippen LogP contribution in [-0.4, -0.2) is 67.7 Å². The van der Waals surface area contributed by atoms with Gasteiger partial charge in [-0.05, 0) is 54.2 Å². The van der Waals surface area contributed by atoms with Gasteiger partial charge in [-0.1, -0.05) is 74.5 Å². The standard InChI is InChI=1S/C33H44N2O6S/c1-25(2)17-19-42(38,39)20-18-32(41-28-14-8-5-9-15-28)33(37)35(23-27-13-10-16-29(21-27)40-3)24-31(36)30(34)22-26-11-6-4-7-12-26/h4-16,21,25,30-32,36H,17-20,22-24,34H2,1-3H3/t30-,31+,32?/m0/s1. The molecule has 3 atom stereocenters. The Hall–Kier alpha value is -3.40. The molecule has 1 amide bonds. The van der Waals surface area contributed by atoms with E-state index in [1.807, 2.05) is 74.5 Å². The van der Waals surface area contributed by atoms with Crippen molar-refractivity contribution in [1.82, 2.24) is 4.90 Å². The normalized spacial score (nSPS) is 13.8. The van der Waals surface area contributed by atoms with E-state index >= 15 is 0 Å². The Bertz CT molecular complexity index is 1330. The molecule has 0 bridgehead atoms. The lowest BCUT2D eigenvalue weighted by atomic mass is 10.0. The Balaban J connectivity index is 1.86. The molecule has 0 aromatic heterocycles. The molecule has 3 rings (SSSR count). The number of sulfone groups is 1. The summed E-state index contributed by atoms with van der Waals surface area (Å²) in [5, 5.41) is 11.1. The van der Waals surface area contributed by atoms with Gasteiger partial charge in [0, 0.05) is 25.6 Å². The van der Waals surface area contributed by atoms with E-state index in [2.05, 4.69) is 0 Å². The van der Waals surface area contributed by atoms with Crippen LogP contribution in [0.5, 0.6) is 11.5 Å². The number of para-hydroxylation sites is 1. The van der Waals surface area contributed by atoms with Crippen LogP contribution < -0.4 is 15.2 Å². The van der Waals surface area contributed by atoms with Crippen LogP contribution in [0.1, 0.15) is 37.8 Å². The molecule has 0 saturated heterocycles. The average Bonchev–Trinajstić information content (AvgIpc) is 2.98. The van der Waals surface area contributed by atoms with E-state index in [1.54, 1.807) is 31.4 Å². The van der Waals surface area contributed by atoms with Gasteiger partial charge in [0.1, 0.15) is 21.3 Å². The van der Waals surface area contributed by atoms with Crippen LogP contribution in [0.25, 0.3) is 0 Å². The Labute approximate surface area is 250 Å². The van der Waals surface area contributed by atoms with Crippen LogP contribution in [0.4, 0.5) is 0 Å². The highest BCUT2D eigenvalue weighted by Gasteiger charge is 2.31. The van der Waals surface area contributed by atoms with E-state index in [1.165, 1.54) is 4.90 Å². The first-order chi connectivity index (χ1) is 20.1. The quantitative estimate of drug-likeness (QED) is 0.239. The molecule has 0 heterocycles. The number of nitrogens with zero attached hydrogens (tertiary/aromatic N) is 1. The predicted octanol–water partition coefficient (Wildman–Crippen LogP) is 4.25. The van der Waals surface area contributed by atoms with Crippen molar-refractivity contribution in [2.75, 3.05) is 25.2 Å². The van der Waals surface area contributed by atoms with Crippen molar-refractivity contribution >= 4 is 15.7 Å². The number of hydrogen-bond acceptors (Lipinski definition) is 7. The van der Waals surface area contributed by atoms with Crippen LogP contribution >= 0.6 is 0 Å². The second-order valence-corrected chi connectivity index (χ2v) is 13.3. The number of aliphatic hydroxyl groups is 1. The molecule has 0 saturated carbocycles. The van der Waals surface area contributed by atoms with Gasteiger partial charge < -0.3 is 25.2 Å². The lowest BCUT2D eigenvalue weighted by Crippen LogP contribution is -2.50. The van der Waals surface area contributed by atoms with Gasteiger partial charge in [0.05, 0.1) is 24.7 Å². The van der Waals surface area contributed by atoms with Gasteiger partial charge in [-0.25, -0.2) is 8.42 Å². The minimum absolute atomic E-state index is 0.0189. The summed E-state index contributed by atoms with van der Waals surface area (Å²) in [6.45, 7) is 4.05. The maximum Gasteiger partial charge on any atom is 0.264 e. The van der Waals surface area contributed by atoms with Crippen LogP contribution in [-0.2, 0) is 27.6 Å². The first kappa shape index (κ1) is 33.1. The SMILES string of the molecule is COc1cccc(CN(C[C@@H](O)[C@@H](N)Cc2ccccc2)C(=O)C(CCS(=O)(=O)CCC(C)C)Oc2ccccc2)c1. The lowest BCUT2D eigenvalue weighted by Gasteiger charge is -2.31. The van der Waals surface area contributed by atoms with E-state index < -0.39 is 34.0 Å². The summed E-state index contributed by atoms with van der Waals surface area (Å²) in [6.07, 6.45) is -1.15. The highest BCUT2D eigenvalue weighted by atomic mass is 32.2. The highest BCUT2D eigenvalue weighted by Crippen LogP contribution is 2.20. The number of methoxy groups -OCH3 is 1. The molecule has 0 radical (unpaired) electrons. The Morgan fingerprint density at radius 2 is 1.48 bits per heavy atom. The third kappa shape index (κ3) is 11.1. The maximum atomic E-state index is 14.1. The van der Waals surface area contributed by atoms with Gasteiger partial charge >= 0.3 is 0 Å². The van der Waals surface area contributed by atoms with Crippen LogP contribution in [0.2, 0.25) is 0 Å². The van der Waals surface area contributed by atoms with Crippen molar-refractivity contribution in [2.45, 2.75) is 57.9 Å². The first-order valence-electron chi connectivity index (χ1n) is 14.4. The number of carbonyl (C=O) groups is 1. The molecule has 0 aliphatic carbocycles. The van der Waals surface area contributed by atoms with Crippen molar-refractivity contribution < 1.29 is 27.8 Å². The zero-order valence-corrected chi connectivity index (χ0v) is 25.6. The molecule has 0 aliphatic heterocycles. The largest absolute Gasteiger partial charge is 0.497 e. The predicted molar refractivity (Wildman–Crippen MR) is 166 cm³/mol. The third-order valence-corrected chi connectivity index (χ3v) is 8.74. The van der Waals surface area contributed by atoms with Crippen molar-refractivity contribution in [3.63, 3.8) is 0 Å². The summed E-state index contributed by atoms with van der Waals surface area (Å²) in [5.74, 6) is 0.779. The monoisotopic (exact) mass is 596 g/mol. The molecule has 0 spiro atoms. The fourth-order valence-electron chi connectivity index (χ4n) is 4.51. The van der Waals surface area contributed by atoms with Crippen LogP contribution in [0.3, 0.4) is 0 Å². The molecule has 3 N–H and O–H groups in total. The summed E-state index contributed by atoms with van der Waals surface area (Å²) in [5.41, 5.74) is 8.16. The number of carbonyl (C=O) groups excluding carboxylic acids is 1. The van der Waals surface area contributed by atoms with Crippen molar-refractivity contribution in [1.29, 1.82) is 0 Å². The third-order valence-electron chi connectivity index (χ3n) is 7.03. The molecule has 1 unspecified atom stereocenters. The highest BCUT2D eigenvalue weighted by molar-refractivity contribution is 7.91. The summed E-state index contributed by atoms with van der Waals surface area (Å²) < 4.78 is 37.1. The molecule has 0 fully saturated rings. The van der Waals surface area contributed by atoms with Crippen LogP contribution in [0.15, 0.2) is 84.9 Å². The fraction of sp³-hybridized carbons (Fsp3) is 0.424. The van der Waals surface area contributed by atoms with E-state index in [4.69, 9.17) is 15.2 Å². The summed E-state index contributed by atoms with van der Waals surface area (Å²) in [7, 11) is -1.83. The zero-order chi connectivity index (χ0) is 30.5. The Kier molecular flexibility index (Phi) is 12.8. The second-order valence-electron chi connectivity index (χ2n) is 11.0. The number of rotatable bonds is 17. The van der Waals surface area contributed by atoms with Crippen molar-refractivity contribution in [2.24, 2.45) is 11.7 Å². The summed E-state index contributed by atoms with van der Waals surface area (Å²) in [6, 6.07) is 25.2. The molecular weight excluding hydrogens is 552 g/mol. The van der Waals surface area contributed by atoms with Gasteiger partial charge in [-0.3, -0.25) is 4.79 Å². The molecular formula is C33H44N2O6S. The van der Waals surface area contributed by atoms with Gasteiger partial charge in [0.15, 0.2) is 6.10 Å². The molecule has 8 nitrogen and oxygen atoms in total. The second kappa shape index (κ2) is 16.3. The molecule has 42 heavy (non-hydrogen) atoms. The number of hydrogen-bond donors (Lipinski definition) is 2. The van der Waals surface area contributed by atoms with Crippen LogP contribution in [0, 0.1) is 5.92 Å². The number of benzene rings is 3. The Morgan fingerprint density at radius 3 is 2.12 bits per heavy atom. The fourth-order valence-corrected chi connectivity index (χ4v) is 6.12. The van der Waals surface area contributed by atoms with Gasteiger partial charge in [0.2, 0.25) is 0 Å². The van der Waals surface area contributed by atoms with Crippen molar-refractivity contribution in [3.05, 3.63) is 96.1 Å². The number of nitrogens with two attached hydrogens (primary N) is 1. The molecule has 228 valence electrons. The Morgan fingerprint density at radius 1 is 0.881 bits per heavy atom. The smallest absolute Gasteiger partial charge is 0.264 e. The topological polar surface area (TPSA) is 119 Å². The number of ether oxygens (including phenoxy) is 2. The van der Waals surface area contributed by atoms with E-state index in [9.17, 15) is 18.3 Å². The van der Waals surface area contributed by atoms with Gasteiger partial charge in [-0.15, -0.1) is 0 Å². The lowest BCUT2D eigenvalue weighted by molar-refractivity contribution is -0.141. The number of aliphatic hydroxyl groups excluding tert-OH is 1. The first-order valence-corrected chi connectivity index (χ1v) is 16.2. The van der Waals surface area contributed by atoms with E-state index in [0.717, 1.165) is 11.1 Å².